The summed E-state index contributed by atoms with van der Waals surface area (Å²) in [5.74, 6) is -11.4. The predicted octanol–water partition coefficient (Wildman–Crippen LogP) is -0.656. The molecule has 14 heteroatoms. The lowest BCUT2D eigenvalue weighted by Gasteiger charge is -2.53. The van der Waals surface area contributed by atoms with Crippen LogP contribution in [-0.4, -0.2) is 119 Å². The maximum atomic E-state index is 13.1. The highest BCUT2D eigenvalue weighted by Gasteiger charge is 2.72. The molecular weight excluding hydrogens is 532 g/mol. The Kier molecular flexibility index (Phi) is 15.2. The Balaban J connectivity index is 8.39. The SMILES string of the molecule is C=C(C)C(=O)OC(OC(=O)C(=C)C)(N(CCO)CCO)C(OC(=O)C(=C)C)(OC(=O)C(=C)C)N(CCO)CCO. The van der Waals surface area contributed by atoms with Crippen LogP contribution in [-0.2, 0) is 38.1 Å². The Morgan fingerprint density at radius 1 is 0.500 bits per heavy atom. The van der Waals surface area contributed by atoms with E-state index >= 15 is 0 Å². The minimum atomic E-state index is -3.18. The molecule has 0 aliphatic heterocycles. The highest BCUT2D eigenvalue weighted by molar-refractivity contribution is 5.91. The molecule has 0 saturated carbocycles. The molecule has 226 valence electrons. The van der Waals surface area contributed by atoms with Crippen molar-refractivity contribution in [3.8, 4) is 0 Å². The van der Waals surface area contributed by atoms with Crippen molar-refractivity contribution < 1.29 is 58.6 Å². The summed E-state index contributed by atoms with van der Waals surface area (Å²) in [5, 5.41) is 39.6. The number of ether oxygens (including phenoxy) is 4. The monoisotopic (exact) mass is 572 g/mol. The fraction of sp³-hybridized carbons (Fsp3) is 0.538. The number of nitrogens with zero attached hydrogens (tertiary/aromatic N) is 2. The molecule has 0 atom stereocenters. The standard InChI is InChI=1S/C26H40N2O12/c1-17(2)21(33)37-25(38-22(34)18(3)4,27(9-13-29)10-14-30)26(39-23(35)19(5)6,40-24(36)20(7)8)28(11-15-31)12-16-32/h29-32H,1,3,5,7,9-16H2,2,4,6,8H3. The average Bonchev–Trinajstić information content (AvgIpc) is 2.86. The van der Waals surface area contributed by atoms with Crippen LogP contribution in [0.15, 0.2) is 48.6 Å². The van der Waals surface area contributed by atoms with Gasteiger partial charge in [-0.05, 0) is 27.7 Å². The zero-order chi connectivity index (χ0) is 31.3. The average molecular weight is 573 g/mol. The zero-order valence-electron chi connectivity index (χ0n) is 23.4. The number of aliphatic hydroxyl groups is 4. The van der Waals surface area contributed by atoms with Crippen LogP contribution in [0.3, 0.4) is 0 Å². The quantitative estimate of drug-likeness (QED) is 0.0866. The highest BCUT2D eigenvalue weighted by atomic mass is 16.8. The Morgan fingerprint density at radius 3 is 0.800 bits per heavy atom. The maximum absolute atomic E-state index is 13.1. The van der Waals surface area contributed by atoms with Crippen molar-refractivity contribution in [2.24, 2.45) is 0 Å². The van der Waals surface area contributed by atoms with Crippen molar-refractivity contribution in [2.45, 2.75) is 39.5 Å². The van der Waals surface area contributed by atoms with E-state index < -0.39 is 88.3 Å². The first kappa shape index (κ1) is 36.6. The van der Waals surface area contributed by atoms with Crippen LogP contribution in [0.1, 0.15) is 27.7 Å². The van der Waals surface area contributed by atoms with Crippen LogP contribution in [0.2, 0.25) is 0 Å². The van der Waals surface area contributed by atoms with Gasteiger partial charge in [-0.1, -0.05) is 26.3 Å². The van der Waals surface area contributed by atoms with Gasteiger partial charge >= 0.3 is 35.7 Å². The van der Waals surface area contributed by atoms with Crippen LogP contribution in [0, 0.1) is 0 Å². The van der Waals surface area contributed by atoms with Crippen LogP contribution in [0.25, 0.3) is 0 Å². The molecule has 0 saturated heterocycles. The number of hydrogen-bond acceptors (Lipinski definition) is 14. The molecule has 0 amide bonds. The highest BCUT2D eigenvalue weighted by Crippen LogP contribution is 2.41. The van der Waals surface area contributed by atoms with E-state index in [1.54, 1.807) is 0 Å². The lowest BCUT2D eigenvalue weighted by molar-refractivity contribution is -0.451. The molecule has 14 nitrogen and oxygen atoms in total. The molecule has 0 aliphatic rings. The number of carbonyl (C=O) groups is 4. The number of carbonyl (C=O) groups excluding carboxylic acids is 4. The molecule has 0 radical (unpaired) electrons. The molecule has 4 N–H and O–H groups in total. The summed E-state index contributed by atoms with van der Waals surface area (Å²) in [5.41, 5.74) is -1.03. The van der Waals surface area contributed by atoms with Crippen molar-refractivity contribution in [3.63, 3.8) is 0 Å². The molecule has 0 unspecified atom stereocenters. The fourth-order valence-electron chi connectivity index (χ4n) is 3.10. The predicted molar refractivity (Wildman–Crippen MR) is 141 cm³/mol. The molecule has 0 aromatic carbocycles. The van der Waals surface area contributed by atoms with Gasteiger partial charge in [-0.2, -0.15) is 0 Å². The van der Waals surface area contributed by atoms with Crippen molar-refractivity contribution in [3.05, 3.63) is 48.6 Å². The van der Waals surface area contributed by atoms with Gasteiger partial charge in [0.25, 0.3) is 0 Å². The van der Waals surface area contributed by atoms with Gasteiger partial charge < -0.3 is 39.4 Å². The van der Waals surface area contributed by atoms with E-state index in [4.69, 9.17) is 18.9 Å². The maximum Gasteiger partial charge on any atom is 0.420 e. The van der Waals surface area contributed by atoms with E-state index in [1.165, 1.54) is 27.7 Å². The first-order valence-corrected chi connectivity index (χ1v) is 12.1. The Morgan fingerprint density at radius 2 is 0.675 bits per heavy atom. The number of esters is 4. The molecule has 0 rings (SSSR count). The summed E-state index contributed by atoms with van der Waals surface area (Å²) < 4.78 is 22.6. The third-order valence-electron chi connectivity index (χ3n) is 5.03. The van der Waals surface area contributed by atoms with Crippen molar-refractivity contribution in [1.82, 2.24) is 9.80 Å². The molecule has 40 heavy (non-hydrogen) atoms. The molecule has 0 aromatic rings. The minimum absolute atomic E-state index is 0.258. The largest absolute Gasteiger partial charge is 0.420 e. The number of rotatable bonds is 19. The van der Waals surface area contributed by atoms with Gasteiger partial charge in [0.05, 0.1) is 26.4 Å². The third-order valence-corrected chi connectivity index (χ3v) is 5.03. The van der Waals surface area contributed by atoms with Gasteiger partial charge in [0.2, 0.25) is 0 Å². The van der Waals surface area contributed by atoms with Gasteiger partial charge in [0.15, 0.2) is 0 Å². The van der Waals surface area contributed by atoms with Gasteiger partial charge in [-0.3, -0.25) is 0 Å². The van der Waals surface area contributed by atoms with Crippen LogP contribution < -0.4 is 0 Å². The van der Waals surface area contributed by atoms with Crippen LogP contribution in [0.4, 0.5) is 0 Å². The topological polar surface area (TPSA) is 193 Å². The lowest BCUT2D eigenvalue weighted by Crippen LogP contribution is -2.78. The van der Waals surface area contributed by atoms with Gasteiger partial charge in [0.1, 0.15) is 0 Å². The lowest BCUT2D eigenvalue weighted by atomic mass is 10.1. The summed E-state index contributed by atoms with van der Waals surface area (Å²) in [6, 6.07) is 0. The smallest absolute Gasteiger partial charge is 0.397 e. The molecule has 0 aromatic heterocycles. The van der Waals surface area contributed by atoms with E-state index in [9.17, 15) is 39.6 Å². The van der Waals surface area contributed by atoms with E-state index in [0.717, 1.165) is 9.80 Å². The van der Waals surface area contributed by atoms with E-state index in [0.29, 0.717) is 0 Å². The second kappa shape index (κ2) is 16.6. The van der Waals surface area contributed by atoms with Gasteiger partial charge in [0, 0.05) is 48.5 Å². The van der Waals surface area contributed by atoms with Gasteiger partial charge in [-0.25, -0.2) is 29.0 Å². The minimum Gasteiger partial charge on any atom is -0.397 e. The summed E-state index contributed by atoms with van der Waals surface area (Å²) in [6.45, 7) is 13.9. The van der Waals surface area contributed by atoms with Crippen LogP contribution in [0.5, 0.6) is 0 Å². The number of aliphatic hydroxyl groups excluding tert-OH is 4. The Hall–Kier alpha value is -3.40. The number of hydrogen-bond donors (Lipinski definition) is 4. The zero-order valence-corrected chi connectivity index (χ0v) is 23.4. The molecule has 0 bridgehead atoms. The van der Waals surface area contributed by atoms with E-state index in [-0.39, 0.29) is 22.3 Å². The normalized spacial score (nSPS) is 11.6. The molecule has 0 aliphatic carbocycles. The van der Waals surface area contributed by atoms with Gasteiger partial charge in [-0.15, -0.1) is 0 Å². The van der Waals surface area contributed by atoms with Crippen molar-refractivity contribution in [2.75, 3.05) is 52.6 Å². The fourth-order valence-corrected chi connectivity index (χ4v) is 3.10. The molecule has 0 spiro atoms. The van der Waals surface area contributed by atoms with Crippen molar-refractivity contribution in [1.29, 1.82) is 0 Å². The van der Waals surface area contributed by atoms with E-state index in [1.807, 2.05) is 0 Å². The Labute approximate surface area is 233 Å². The van der Waals surface area contributed by atoms with Crippen LogP contribution >= 0.6 is 0 Å². The van der Waals surface area contributed by atoms with E-state index in [2.05, 4.69) is 26.3 Å². The summed E-state index contributed by atoms with van der Waals surface area (Å²) in [4.78, 5) is 54.2. The van der Waals surface area contributed by atoms with Crippen molar-refractivity contribution >= 4 is 23.9 Å². The summed E-state index contributed by atoms with van der Waals surface area (Å²) >= 11 is 0. The molecular formula is C26H40N2O12. The summed E-state index contributed by atoms with van der Waals surface area (Å²) in [7, 11) is 0. The summed E-state index contributed by atoms with van der Waals surface area (Å²) in [6.07, 6.45) is 0. The molecule has 0 fully saturated rings. The third kappa shape index (κ3) is 9.08. The second-order valence-electron chi connectivity index (χ2n) is 8.71. The first-order valence-electron chi connectivity index (χ1n) is 12.1. The second-order valence-corrected chi connectivity index (χ2v) is 8.71. The first-order chi connectivity index (χ1) is 18.6. The molecule has 0 heterocycles. The Bertz CT molecular complexity index is 844.